The Labute approximate surface area is 88.8 Å². The van der Waals surface area contributed by atoms with Gasteiger partial charge in [0, 0.05) is 6.20 Å². The summed E-state index contributed by atoms with van der Waals surface area (Å²) in [6.45, 7) is 0. The second-order valence-electron chi connectivity index (χ2n) is 1.64. The molecule has 5 heteroatoms. The first-order valence-electron chi connectivity index (χ1n) is 2.59. The average molecular weight is 303 g/mol. The van der Waals surface area contributed by atoms with Crippen molar-refractivity contribution in [1.82, 2.24) is 4.98 Å². The average Bonchev–Trinajstić information content (AvgIpc) is 1.88. The lowest BCUT2D eigenvalue weighted by Crippen LogP contribution is -1.87. The van der Waals surface area contributed by atoms with Gasteiger partial charge in [-0.1, -0.05) is 11.6 Å². The van der Waals surface area contributed by atoms with Crippen LogP contribution < -0.4 is 4.74 Å². The number of rotatable bonds is 1. The molecule has 0 saturated carbocycles. The van der Waals surface area contributed by atoms with Crippen LogP contribution in [0.15, 0.2) is 16.7 Å². The first-order chi connectivity index (χ1) is 4.74. The molecule has 0 fully saturated rings. The Morgan fingerprint density at radius 3 is 2.73 bits per heavy atom. The first-order valence-corrected chi connectivity index (χ1v) is 3.76. The minimum absolute atomic E-state index is 0. The van der Waals surface area contributed by atoms with Gasteiger partial charge in [0.1, 0.15) is 0 Å². The molecule has 62 valence electrons. The highest BCUT2D eigenvalue weighted by atomic mass is 79.9. The molecule has 0 aliphatic heterocycles. The van der Waals surface area contributed by atoms with Crippen molar-refractivity contribution >= 4 is 44.5 Å². The summed E-state index contributed by atoms with van der Waals surface area (Å²) < 4.78 is 5.65. The van der Waals surface area contributed by atoms with E-state index in [-0.39, 0.29) is 17.0 Å². The van der Waals surface area contributed by atoms with E-state index < -0.39 is 0 Å². The Kier molecular flexibility index (Phi) is 5.04. The van der Waals surface area contributed by atoms with Gasteiger partial charge < -0.3 is 4.74 Å². The van der Waals surface area contributed by atoms with Crippen molar-refractivity contribution in [2.45, 2.75) is 0 Å². The summed E-state index contributed by atoms with van der Waals surface area (Å²) in [5.74, 6) is 0.546. The molecule has 0 amide bonds. The highest BCUT2D eigenvalue weighted by Crippen LogP contribution is 2.24. The Hall–Kier alpha value is 0.200. The number of hydrogen-bond acceptors (Lipinski definition) is 2. The van der Waals surface area contributed by atoms with Gasteiger partial charge in [-0.2, -0.15) is 0 Å². The lowest BCUT2D eigenvalue weighted by Gasteiger charge is -1.99. The van der Waals surface area contributed by atoms with Gasteiger partial charge in [0.25, 0.3) is 0 Å². The van der Waals surface area contributed by atoms with Crippen LogP contribution in [0.3, 0.4) is 0 Å². The normalized spacial score (nSPS) is 8.64. The molecule has 0 unspecified atom stereocenters. The third-order valence-electron chi connectivity index (χ3n) is 0.967. The van der Waals surface area contributed by atoms with Crippen molar-refractivity contribution in [3.8, 4) is 5.88 Å². The smallest absolute Gasteiger partial charge is 0.227 e. The fourth-order valence-electron chi connectivity index (χ4n) is 0.552. The molecule has 0 radical (unpaired) electrons. The quantitative estimate of drug-likeness (QED) is 0.795. The van der Waals surface area contributed by atoms with Crippen molar-refractivity contribution in [2.24, 2.45) is 0 Å². The third kappa shape index (κ3) is 2.97. The van der Waals surface area contributed by atoms with Gasteiger partial charge in [-0.15, -0.1) is 17.0 Å². The summed E-state index contributed by atoms with van der Waals surface area (Å²) in [5.41, 5.74) is 0. The van der Waals surface area contributed by atoms with Crippen LogP contribution >= 0.6 is 44.5 Å². The van der Waals surface area contributed by atoms with Gasteiger partial charge in [-0.3, -0.25) is 0 Å². The molecule has 1 heterocycles. The van der Waals surface area contributed by atoms with Crippen LogP contribution in [-0.2, 0) is 0 Å². The molecule has 2 nitrogen and oxygen atoms in total. The van der Waals surface area contributed by atoms with Crippen molar-refractivity contribution in [3.05, 3.63) is 21.8 Å². The summed E-state index contributed by atoms with van der Waals surface area (Å²) in [4.78, 5) is 3.90. The molecule has 1 aromatic heterocycles. The van der Waals surface area contributed by atoms with Crippen molar-refractivity contribution in [2.75, 3.05) is 7.11 Å². The molecule has 0 aliphatic rings. The molecule has 0 bridgehead atoms. The summed E-state index contributed by atoms with van der Waals surface area (Å²) in [5, 5.41) is 0.590. The van der Waals surface area contributed by atoms with E-state index in [2.05, 4.69) is 20.9 Å². The minimum Gasteiger partial charge on any atom is -0.480 e. The largest absolute Gasteiger partial charge is 0.480 e. The second kappa shape index (κ2) is 4.95. The molecule has 1 aromatic rings. The second-order valence-corrected chi connectivity index (χ2v) is 2.94. The van der Waals surface area contributed by atoms with Crippen LogP contribution in [-0.4, -0.2) is 12.1 Å². The lowest BCUT2D eigenvalue weighted by molar-refractivity contribution is 0.395. The number of pyridine rings is 1. The van der Waals surface area contributed by atoms with Crippen molar-refractivity contribution in [1.29, 1.82) is 0 Å². The van der Waals surface area contributed by atoms with Crippen LogP contribution in [0, 0.1) is 0 Å². The summed E-state index contributed by atoms with van der Waals surface area (Å²) in [7, 11) is 1.56. The van der Waals surface area contributed by atoms with E-state index in [1.54, 1.807) is 13.2 Å². The zero-order chi connectivity index (χ0) is 7.56. The Morgan fingerprint density at radius 1 is 1.64 bits per heavy atom. The SMILES string of the molecule is Br.COc1ncc(Cl)cc1Br. The summed E-state index contributed by atoms with van der Waals surface area (Å²) in [6, 6.07) is 1.73. The van der Waals surface area contributed by atoms with Crippen LogP contribution in [0.5, 0.6) is 5.88 Å². The molecule has 11 heavy (non-hydrogen) atoms. The minimum atomic E-state index is 0. The van der Waals surface area contributed by atoms with Crippen molar-refractivity contribution < 1.29 is 4.74 Å². The Balaban J connectivity index is 0.000001000. The zero-order valence-electron chi connectivity index (χ0n) is 5.67. The number of ether oxygens (including phenoxy) is 1. The van der Waals surface area contributed by atoms with E-state index >= 15 is 0 Å². The number of aromatic nitrogens is 1. The van der Waals surface area contributed by atoms with Gasteiger partial charge in [-0.25, -0.2) is 4.98 Å². The highest BCUT2D eigenvalue weighted by molar-refractivity contribution is 9.10. The summed E-state index contributed by atoms with van der Waals surface area (Å²) in [6.07, 6.45) is 1.53. The van der Waals surface area contributed by atoms with Crippen molar-refractivity contribution in [3.63, 3.8) is 0 Å². The number of nitrogens with zero attached hydrogens (tertiary/aromatic N) is 1. The number of hydrogen-bond donors (Lipinski definition) is 0. The predicted molar refractivity (Wildman–Crippen MR) is 53.8 cm³/mol. The van der Waals surface area contributed by atoms with E-state index in [0.29, 0.717) is 10.9 Å². The van der Waals surface area contributed by atoms with E-state index in [1.807, 2.05) is 0 Å². The van der Waals surface area contributed by atoms with Crippen LogP contribution in [0.2, 0.25) is 5.02 Å². The monoisotopic (exact) mass is 301 g/mol. The van der Waals surface area contributed by atoms with Crippen LogP contribution in [0.1, 0.15) is 0 Å². The van der Waals surface area contributed by atoms with E-state index in [9.17, 15) is 0 Å². The predicted octanol–water partition coefficient (Wildman–Crippen LogP) is 3.08. The van der Waals surface area contributed by atoms with Crippen LogP contribution in [0.4, 0.5) is 0 Å². The fourth-order valence-corrected chi connectivity index (χ4v) is 1.35. The van der Waals surface area contributed by atoms with E-state index in [0.717, 1.165) is 4.47 Å². The molecule has 0 spiro atoms. The Bertz CT molecular complexity index is 244. The summed E-state index contributed by atoms with van der Waals surface area (Å²) >= 11 is 8.86. The first kappa shape index (κ1) is 11.2. The molecular formula is C6H6Br2ClNO. The number of methoxy groups -OCH3 is 1. The van der Waals surface area contributed by atoms with Gasteiger partial charge in [-0.05, 0) is 22.0 Å². The molecule has 1 rings (SSSR count). The van der Waals surface area contributed by atoms with Crippen LogP contribution in [0.25, 0.3) is 0 Å². The van der Waals surface area contributed by atoms with Gasteiger partial charge in [0.05, 0.1) is 16.6 Å². The van der Waals surface area contributed by atoms with E-state index in [1.165, 1.54) is 6.20 Å². The lowest BCUT2D eigenvalue weighted by atomic mass is 10.5. The fraction of sp³-hybridized carbons (Fsp3) is 0.167. The topological polar surface area (TPSA) is 22.1 Å². The molecule has 0 saturated heterocycles. The van der Waals surface area contributed by atoms with Gasteiger partial charge in [0.15, 0.2) is 0 Å². The maximum atomic E-state index is 5.63. The van der Waals surface area contributed by atoms with Gasteiger partial charge in [0.2, 0.25) is 5.88 Å². The zero-order valence-corrected chi connectivity index (χ0v) is 9.73. The maximum Gasteiger partial charge on any atom is 0.227 e. The molecular weight excluding hydrogens is 297 g/mol. The maximum absolute atomic E-state index is 5.63. The van der Waals surface area contributed by atoms with Gasteiger partial charge >= 0.3 is 0 Å². The highest BCUT2D eigenvalue weighted by Gasteiger charge is 1.99. The van der Waals surface area contributed by atoms with E-state index in [4.69, 9.17) is 16.3 Å². The number of halogens is 3. The molecule has 0 aliphatic carbocycles. The third-order valence-corrected chi connectivity index (χ3v) is 1.74. The molecule has 0 aromatic carbocycles. The molecule has 0 N–H and O–H groups in total. The standard InChI is InChI=1S/C6H5BrClNO.BrH/c1-10-6-5(7)2-4(8)3-9-6;/h2-3H,1H3;1H. The molecule has 0 atom stereocenters. The Morgan fingerprint density at radius 2 is 2.27 bits per heavy atom.